The second kappa shape index (κ2) is 8.32. The monoisotopic (exact) mass is 170 g/mol. The summed E-state index contributed by atoms with van der Waals surface area (Å²) in [7, 11) is 0. The molecule has 2 rings (SSSR count). The van der Waals surface area contributed by atoms with Gasteiger partial charge in [0.05, 0.1) is 0 Å². The van der Waals surface area contributed by atoms with E-state index in [4.69, 9.17) is 0 Å². The average Bonchev–Trinajstić information content (AvgIpc) is 2.67. The van der Waals surface area contributed by atoms with Gasteiger partial charge in [-0.1, -0.05) is 0 Å². The molecular formula is C10H10Ca. The fourth-order valence-electron chi connectivity index (χ4n) is 0.680. The van der Waals surface area contributed by atoms with Crippen molar-refractivity contribution in [3.05, 3.63) is 48.6 Å². The Bertz CT molecular complexity index is 143. The maximum atomic E-state index is 2.99. The van der Waals surface area contributed by atoms with E-state index in [1.165, 1.54) is 0 Å². The summed E-state index contributed by atoms with van der Waals surface area (Å²) < 4.78 is 0. The van der Waals surface area contributed by atoms with Crippen LogP contribution >= 0.6 is 0 Å². The molecule has 2 aliphatic carbocycles. The Kier molecular flexibility index (Phi) is 8.48. The van der Waals surface area contributed by atoms with Crippen LogP contribution < -0.4 is 0 Å². The van der Waals surface area contributed by atoms with Gasteiger partial charge in [-0.25, -0.2) is 24.3 Å². The number of hydrogen-bond acceptors (Lipinski definition) is 0. The van der Waals surface area contributed by atoms with Gasteiger partial charge in [0, 0.05) is 0 Å². The molecule has 11 heavy (non-hydrogen) atoms. The SMILES string of the molecule is [C-]1=CC=CC1.[C-]1=CC=CC1.[Ca+2]. The number of allylic oxidation sites excluding steroid dienone is 8. The van der Waals surface area contributed by atoms with Crippen molar-refractivity contribution in [2.24, 2.45) is 0 Å². The molecule has 0 fully saturated rings. The van der Waals surface area contributed by atoms with Gasteiger partial charge in [0.15, 0.2) is 0 Å². The maximum absolute atomic E-state index is 2.99. The normalized spacial score (nSPS) is 16.0. The summed E-state index contributed by atoms with van der Waals surface area (Å²) in [5.41, 5.74) is 0. The van der Waals surface area contributed by atoms with Crippen molar-refractivity contribution in [1.82, 2.24) is 0 Å². The first kappa shape index (κ1) is 11.2. The molecular weight excluding hydrogens is 160 g/mol. The molecule has 0 saturated carbocycles. The molecule has 0 atom stereocenters. The Hall–Kier alpha value is 0.220. The predicted molar refractivity (Wildman–Crippen MR) is 48.9 cm³/mol. The molecule has 0 nitrogen and oxygen atoms in total. The first-order valence-corrected chi connectivity index (χ1v) is 3.43. The quantitative estimate of drug-likeness (QED) is 0.386. The van der Waals surface area contributed by atoms with E-state index in [-0.39, 0.29) is 37.7 Å². The van der Waals surface area contributed by atoms with Crippen molar-refractivity contribution in [2.75, 3.05) is 0 Å². The summed E-state index contributed by atoms with van der Waals surface area (Å²) in [6.45, 7) is 0. The van der Waals surface area contributed by atoms with Gasteiger partial charge in [-0.3, -0.25) is 12.2 Å². The standard InChI is InChI=1S/2C5H5.Ca/c2*1-2-4-5-3-1;/h2*1-3H,4H2;/q2*-1;+2. The zero-order chi connectivity index (χ0) is 7.07. The Morgan fingerprint density at radius 2 is 1.27 bits per heavy atom. The van der Waals surface area contributed by atoms with Crippen LogP contribution in [0.5, 0.6) is 0 Å². The molecule has 0 aliphatic heterocycles. The van der Waals surface area contributed by atoms with Crippen molar-refractivity contribution in [1.29, 1.82) is 0 Å². The maximum Gasteiger partial charge on any atom is 2.00 e. The molecule has 0 radical (unpaired) electrons. The van der Waals surface area contributed by atoms with Gasteiger partial charge in [0.25, 0.3) is 0 Å². The van der Waals surface area contributed by atoms with Crippen molar-refractivity contribution >= 4 is 37.7 Å². The molecule has 0 bridgehead atoms. The fourth-order valence-corrected chi connectivity index (χ4v) is 0.680. The molecule has 0 aromatic carbocycles. The van der Waals surface area contributed by atoms with Gasteiger partial charge in [0.1, 0.15) is 0 Å². The van der Waals surface area contributed by atoms with E-state index in [2.05, 4.69) is 24.3 Å². The van der Waals surface area contributed by atoms with E-state index in [0.717, 1.165) is 12.8 Å². The van der Waals surface area contributed by atoms with Crippen molar-refractivity contribution < 1.29 is 0 Å². The van der Waals surface area contributed by atoms with Crippen LogP contribution in [0.2, 0.25) is 0 Å². The molecule has 0 amide bonds. The Morgan fingerprint density at radius 1 is 0.818 bits per heavy atom. The van der Waals surface area contributed by atoms with Gasteiger partial charge in [0.2, 0.25) is 0 Å². The molecule has 0 saturated heterocycles. The topological polar surface area (TPSA) is 0 Å². The van der Waals surface area contributed by atoms with E-state index in [1.807, 2.05) is 24.3 Å². The van der Waals surface area contributed by atoms with Crippen LogP contribution in [0.25, 0.3) is 0 Å². The van der Waals surface area contributed by atoms with Gasteiger partial charge in [-0.2, -0.15) is 12.2 Å². The predicted octanol–water partition coefficient (Wildman–Crippen LogP) is 2.23. The summed E-state index contributed by atoms with van der Waals surface area (Å²) >= 11 is 0. The fraction of sp³-hybridized carbons (Fsp3) is 0.200. The second-order valence-corrected chi connectivity index (χ2v) is 2.01. The molecule has 1 heteroatoms. The zero-order valence-corrected chi connectivity index (χ0v) is 8.79. The van der Waals surface area contributed by atoms with E-state index < -0.39 is 0 Å². The van der Waals surface area contributed by atoms with Crippen LogP contribution in [0.15, 0.2) is 36.5 Å². The average molecular weight is 170 g/mol. The van der Waals surface area contributed by atoms with Gasteiger partial charge < -0.3 is 0 Å². The summed E-state index contributed by atoms with van der Waals surface area (Å²) in [4.78, 5) is 0. The van der Waals surface area contributed by atoms with E-state index in [0.29, 0.717) is 0 Å². The summed E-state index contributed by atoms with van der Waals surface area (Å²) in [5.74, 6) is 0. The van der Waals surface area contributed by atoms with Crippen LogP contribution in [0.4, 0.5) is 0 Å². The summed E-state index contributed by atoms with van der Waals surface area (Å²) in [6, 6.07) is 0. The second-order valence-electron chi connectivity index (χ2n) is 2.01. The molecule has 0 aromatic heterocycles. The molecule has 0 heterocycles. The Morgan fingerprint density at radius 3 is 1.36 bits per heavy atom. The molecule has 52 valence electrons. The number of rotatable bonds is 0. The van der Waals surface area contributed by atoms with Gasteiger partial charge >= 0.3 is 37.7 Å². The molecule has 2 aliphatic rings. The minimum absolute atomic E-state index is 0. The van der Waals surface area contributed by atoms with Crippen LogP contribution in [-0.2, 0) is 0 Å². The van der Waals surface area contributed by atoms with E-state index in [9.17, 15) is 0 Å². The Labute approximate surface area is 98.4 Å². The van der Waals surface area contributed by atoms with Gasteiger partial charge in [-0.05, 0) is 0 Å². The van der Waals surface area contributed by atoms with Crippen LogP contribution in [0.1, 0.15) is 12.8 Å². The molecule has 0 N–H and O–H groups in total. The first-order chi connectivity index (χ1) is 5.00. The minimum atomic E-state index is 0. The smallest absolute Gasteiger partial charge is 0.273 e. The largest absolute Gasteiger partial charge is 2.00 e. The first-order valence-electron chi connectivity index (χ1n) is 3.43. The van der Waals surface area contributed by atoms with Crippen molar-refractivity contribution in [3.8, 4) is 0 Å². The third kappa shape index (κ3) is 6.61. The molecule has 0 spiro atoms. The van der Waals surface area contributed by atoms with Crippen LogP contribution in [-0.4, -0.2) is 37.7 Å². The molecule has 0 unspecified atom stereocenters. The summed E-state index contributed by atoms with van der Waals surface area (Å²) in [5, 5.41) is 0. The van der Waals surface area contributed by atoms with Crippen molar-refractivity contribution in [3.63, 3.8) is 0 Å². The van der Waals surface area contributed by atoms with Crippen LogP contribution in [0.3, 0.4) is 0 Å². The van der Waals surface area contributed by atoms with E-state index >= 15 is 0 Å². The Balaban J connectivity index is 0.000000167. The molecule has 0 aromatic rings. The van der Waals surface area contributed by atoms with Crippen LogP contribution in [0, 0.1) is 12.2 Å². The third-order valence-electron chi connectivity index (χ3n) is 1.17. The van der Waals surface area contributed by atoms with Gasteiger partial charge in [-0.15, -0.1) is 12.8 Å². The third-order valence-corrected chi connectivity index (χ3v) is 1.17. The summed E-state index contributed by atoms with van der Waals surface area (Å²) in [6.07, 6.45) is 20.0. The minimum Gasteiger partial charge on any atom is -0.273 e. The van der Waals surface area contributed by atoms with E-state index in [1.54, 1.807) is 0 Å². The van der Waals surface area contributed by atoms with Crippen molar-refractivity contribution in [2.45, 2.75) is 12.8 Å². The zero-order valence-electron chi connectivity index (χ0n) is 6.59. The number of hydrogen-bond donors (Lipinski definition) is 0.